The second-order valence-electron chi connectivity index (χ2n) is 3.85. The zero-order valence-corrected chi connectivity index (χ0v) is 10.9. The summed E-state index contributed by atoms with van der Waals surface area (Å²) < 4.78 is 5.28. The lowest BCUT2D eigenvalue weighted by molar-refractivity contribution is 0.287. The molecule has 0 radical (unpaired) electrons. The largest absolute Gasteiger partial charge is 0.468 e. The minimum atomic E-state index is 0.410. The number of hydrogen-bond donors (Lipinski definition) is 0. The fourth-order valence-corrected chi connectivity index (χ4v) is 1.99. The molecule has 2 aromatic heterocycles. The second-order valence-corrected chi connectivity index (χ2v) is 4.64. The normalized spacial score (nSPS) is 11.1. The quantitative estimate of drug-likeness (QED) is 0.795. The van der Waals surface area contributed by atoms with Crippen molar-refractivity contribution in [3.63, 3.8) is 0 Å². The molecule has 0 aliphatic heterocycles. The van der Waals surface area contributed by atoms with Crippen LogP contribution in [-0.2, 0) is 13.1 Å². The summed E-state index contributed by atoms with van der Waals surface area (Å²) in [5.41, 5.74) is 0.949. The highest BCUT2D eigenvalue weighted by molar-refractivity contribution is 6.34. The van der Waals surface area contributed by atoms with Gasteiger partial charge in [-0.3, -0.25) is 4.90 Å². The van der Waals surface area contributed by atoms with E-state index in [1.807, 2.05) is 19.2 Å². The van der Waals surface area contributed by atoms with Crippen molar-refractivity contribution in [1.29, 1.82) is 0 Å². The van der Waals surface area contributed by atoms with Crippen LogP contribution in [0.2, 0.25) is 10.2 Å². The van der Waals surface area contributed by atoms with Crippen LogP contribution in [0, 0.1) is 0 Å². The van der Waals surface area contributed by atoms with E-state index < -0.39 is 0 Å². The lowest BCUT2D eigenvalue weighted by Gasteiger charge is -2.15. The van der Waals surface area contributed by atoms with E-state index in [4.69, 9.17) is 27.6 Å². The Balaban J connectivity index is 2.00. The number of furan rings is 1. The van der Waals surface area contributed by atoms with E-state index in [-0.39, 0.29) is 0 Å². The van der Waals surface area contributed by atoms with E-state index in [2.05, 4.69) is 9.88 Å². The monoisotopic (exact) mass is 270 g/mol. The number of halogens is 2. The highest BCUT2D eigenvalue weighted by atomic mass is 35.5. The molecule has 0 N–H and O–H groups in total. The molecule has 0 bridgehead atoms. The van der Waals surface area contributed by atoms with Crippen molar-refractivity contribution in [2.45, 2.75) is 13.1 Å². The average Bonchev–Trinajstić information content (AvgIpc) is 2.75. The van der Waals surface area contributed by atoms with Gasteiger partial charge in [0.25, 0.3) is 0 Å². The Hall–Kier alpha value is -1.03. The summed E-state index contributed by atoms with van der Waals surface area (Å²) in [6, 6.07) is 5.47. The summed E-state index contributed by atoms with van der Waals surface area (Å²) in [4.78, 5) is 6.11. The van der Waals surface area contributed by atoms with Crippen molar-refractivity contribution < 1.29 is 4.42 Å². The molecule has 0 atom stereocenters. The van der Waals surface area contributed by atoms with Gasteiger partial charge in [-0.1, -0.05) is 23.2 Å². The Morgan fingerprint density at radius 2 is 2.18 bits per heavy atom. The molecule has 0 saturated carbocycles. The lowest BCUT2D eigenvalue weighted by Crippen LogP contribution is -2.17. The minimum Gasteiger partial charge on any atom is -0.468 e. The zero-order valence-electron chi connectivity index (χ0n) is 9.36. The predicted octanol–water partition coefficient (Wildman–Crippen LogP) is 3.61. The van der Waals surface area contributed by atoms with Crippen LogP contribution in [0.15, 0.2) is 35.1 Å². The van der Waals surface area contributed by atoms with Crippen molar-refractivity contribution in [3.8, 4) is 0 Å². The van der Waals surface area contributed by atoms with Crippen LogP contribution in [-0.4, -0.2) is 16.9 Å². The van der Waals surface area contributed by atoms with Gasteiger partial charge in [-0.25, -0.2) is 4.98 Å². The standard InChI is InChI=1S/C12H12Cl2N2O/c1-16(8-10-3-2-4-17-10)7-9-6-15-12(14)5-11(9)13/h2-6H,7-8H2,1H3. The van der Waals surface area contributed by atoms with Crippen molar-refractivity contribution in [1.82, 2.24) is 9.88 Å². The number of hydrogen-bond acceptors (Lipinski definition) is 3. The second kappa shape index (κ2) is 5.54. The first-order chi connectivity index (χ1) is 8.15. The van der Waals surface area contributed by atoms with Crippen LogP contribution in [0.25, 0.3) is 0 Å². The molecule has 0 spiro atoms. The van der Waals surface area contributed by atoms with Crippen LogP contribution in [0.1, 0.15) is 11.3 Å². The van der Waals surface area contributed by atoms with Gasteiger partial charge in [0.15, 0.2) is 0 Å². The molecule has 3 nitrogen and oxygen atoms in total. The van der Waals surface area contributed by atoms with Gasteiger partial charge in [0, 0.05) is 23.3 Å². The summed E-state index contributed by atoms with van der Waals surface area (Å²) in [7, 11) is 1.99. The fourth-order valence-electron chi connectivity index (χ4n) is 1.57. The molecule has 0 aromatic carbocycles. The highest BCUT2D eigenvalue weighted by Gasteiger charge is 2.07. The van der Waals surface area contributed by atoms with Crippen molar-refractivity contribution in [2.75, 3.05) is 7.05 Å². The van der Waals surface area contributed by atoms with E-state index in [0.717, 1.165) is 17.9 Å². The van der Waals surface area contributed by atoms with Crippen LogP contribution in [0.4, 0.5) is 0 Å². The summed E-state index contributed by atoms with van der Waals surface area (Å²) in [6.45, 7) is 1.43. The Kier molecular flexibility index (Phi) is 4.05. The van der Waals surface area contributed by atoms with Crippen molar-refractivity contribution in [2.24, 2.45) is 0 Å². The molecule has 0 aliphatic carbocycles. The molecule has 0 unspecified atom stereocenters. The van der Waals surface area contributed by atoms with E-state index in [1.54, 1.807) is 18.5 Å². The summed E-state index contributed by atoms with van der Waals surface area (Å²) in [6.07, 6.45) is 3.36. The molecule has 17 heavy (non-hydrogen) atoms. The van der Waals surface area contributed by atoms with Gasteiger partial charge >= 0.3 is 0 Å². The van der Waals surface area contributed by atoms with Gasteiger partial charge in [0.2, 0.25) is 0 Å². The van der Waals surface area contributed by atoms with Crippen molar-refractivity contribution >= 4 is 23.2 Å². The molecular weight excluding hydrogens is 259 g/mol. The molecule has 5 heteroatoms. The summed E-state index contributed by atoms with van der Waals surface area (Å²) >= 11 is 11.8. The predicted molar refractivity (Wildman–Crippen MR) is 68.1 cm³/mol. The van der Waals surface area contributed by atoms with Gasteiger partial charge in [0.1, 0.15) is 10.9 Å². The van der Waals surface area contributed by atoms with Gasteiger partial charge in [-0.15, -0.1) is 0 Å². The number of pyridine rings is 1. The third-order valence-electron chi connectivity index (χ3n) is 2.34. The zero-order chi connectivity index (χ0) is 12.3. The van der Waals surface area contributed by atoms with E-state index in [1.165, 1.54) is 0 Å². The topological polar surface area (TPSA) is 29.3 Å². The SMILES string of the molecule is CN(Cc1ccco1)Cc1cnc(Cl)cc1Cl. The Morgan fingerprint density at radius 3 is 2.82 bits per heavy atom. The number of rotatable bonds is 4. The Labute approximate surface area is 110 Å². The number of nitrogens with zero attached hydrogens (tertiary/aromatic N) is 2. The molecule has 2 rings (SSSR count). The fraction of sp³-hybridized carbons (Fsp3) is 0.250. The maximum atomic E-state index is 6.08. The summed E-state index contributed by atoms with van der Waals surface area (Å²) in [5, 5.41) is 1.05. The summed E-state index contributed by atoms with van der Waals surface area (Å²) in [5.74, 6) is 0.922. The van der Waals surface area contributed by atoms with Gasteiger partial charge < -0.3 is 4.42 Å². The molecular formula is C12H12Cl2N2O. The first-order valence-electron chi connectivity index (χ1n) is 5.16. The third-order valence-corrected chi connectivity index (χ3v) is 2.90. The lowest BCUT2D eigenvalue weighted by atomic mass is 10.2. The third kappa shape index (κ3) is 3.46. The first-order valence-corrected chi connectivity index (χ1v) is 5.91. The van der Waals surface area contributed by atoms with Crippen LogP contribution in [0.3, 0.4) is 0 Å². The highest BCUT2D eigenvalue weighted by Crippen LogP contribution is 2.20. The average molecular weight is 271 g/mol. The van der Waals surface area contributed by atoms with Gasteiger partial charge in [0.05, 0.1) is 12.8 Å². The molecule has 90 valence electrons. The smallest absolute Gasteiger partial charge is 0.130 e. The van der Waals surface area contributed by atoms with Crippen molar-refractivity contribution in [3.05, 3.63) is 52.2 Å². The number of aromatic nitrogens is 1. The molecule has 0 amide bonds. The van der Waals surface area contributed by atoms with Crippen LogP contribution in [0.5, 0.6) is 0 Å². The minimum absolute atomic E-state index is 0.410. The molecule has 2 heterocycles. The molecule has 2 aromatic rings. The molecule has 0 fully saturated rings. The molecule has 0 aliphatic rings. The maximum Gasteiger partial charge on any atom is 0.130 e. The Morgan fingerprint density at radius 1 is 1.35 bits per heavy atom. The van der Waals surface area contributed by atoms with E-state index in [0.29, 0.717) is 16.7 Å². The van der Waals surface area contributed by atoms with E-state index in [9.17, 15) is 0 Å². The van der Waals surface area contributed by atoms with E-state index >= 15 is 0 Å². The molecule has 0 saturated heterocycles. The van der Waals surface area contributed by atoms with Gasteiger partial charge in [-0.05, 0) is 25.2 Å². The Bertz CT molecular complexity index is 485. The first kappa shape index (κ1) is 12.4. The van der Waals surface area contributed by atoms with Crippen LogP contribution < -0.4 is 0 Å². The maximum absolute atomic E-state index is 6.08. The van der Waals surface area contributed by atoms with Gasteiger partial charge in [-0.2, -0.15) is 0 Å². The van der Waals surface area contributed by atoms with Crippen LogP contribution >= 0.6 is 23.2 Å².